The van der Waals surface area contributed by atoms with Gasteiger partial charge in [0.05, 0.1) is 5.69 Å². The Balaban J connectivity index is 2.61. The second kappa shape index (κ2) is 6.65. The van der Waals surface area contributed by atoms with E-state index in [-0.39, 0.29) is 21.9 Å². The molecule has 17 heteroatoms. The maximum Gasteiger partial charge on any atom is 0.384 e. The first-order chi connectivity index (χ1) is 13.6. The number of carbonyl (C=O) groups is 2. The number of anilines is 1. The Labute approximate surface area is 169 Å². The summed E-state index contributed by atoms with van der Waals surface area (Å²) in [5.41, 5.74) is -7.10. The van der Waals surface area contributed by atoms with Crippen LogP contribution in [0.3, 0.4) is 0 Å². The quantitative estimate of drug-likeness (QED) is 0.649. The first kappa shape index (κ1) is 25.1. The van der Waals surface area contributed by atoms with E-state index in [9.17, 15) is 57.9 Å². The smallest absolute Gasteiger partial charge is 0.344 e. The van der Waals surface area contributed by atoms with Crippen molar-refractivity contribution in [3.8, 4) is 0 Å². The highest BCUT2D eigenvalue weighted by molar-refractivity contribution is 7.17. The van der Waals surface area contributed by atoms with Crippen molar-refractivity contribution in [3.05, 3.63) is 10.6 Å². The number of alkyl halides is 11. The fraction of sp³-hybridized carbons (Fsp3) is 0.643. The molecule has 0 atom stereocenters. The van der Waals surface area contributed by atoms with Gasteiger partial charge in [0, 0.05) is 14.1 Å². The molecule has 5 nitrogen and oxygen atoms in total. The van der Waals surface area contributed by atoms with Crippen LogP contribution in [-0.2, 0) is 4.79 Å². The molecule has 1 aromatic heterocycles. The summed E-state index contributed by atoms with van der Waals surface area (Å²) in [6, 6.07) is 0. The van der Waals surface area contributed by atoms with Crippen LogP contribution < -0.4 is 5.32 Å². The number of rotatable bonds is 3. The van der Waals surface area contributed by atoms with E-state index in [1.165, 1.54) is 14.1 Å². The average Bonchev–Trinajstić information content (AvgIpc) is 2.98. The summed E-state index contributed by atoms with van der Waals surface area (Å²) < 4.78 is 150. The summed E-state index contributed by atoms with van der Waals surface area (Å²) >= 11 is 0.0730. The highest BCUT2D eigenvalue weighted by Gasteiger charge is 3.02. The first-order valence-corrected chi connectivity index (χ1v) is 8.53. The topological polar surface area (TPSA) is 62.3 Å². The van der Waals surface area contributed by atoms with E-state index < -0.39 is 52.2 Å². The predicted molar refractivity (Wildman–Crippen MR) is 82.1 cm³/mol. The summed E-state index contributed by atoms with van der Waals surface area (Å²) in [5.74, 6) is -41.1. The molecular formula is C14H10F11N3O2S. The molecule has 1 aliphatic rings. The van der Waals surface area contributed by atoms with E-state index in [2.05, 4.69) is 4.98 Å². The van der Waals surface area contributed by atoms with Gasteiger partial charge in [-0.3, -0.25) is 14.9 Å². The number of aryl methyl sites for hydroxylation is 1. The van der Waals surface area contributed by atoms with Gasteiger partial charge in [0.25, 0.3) is 11.8 Å². The second-order valence-electron chi connectivity index (χ2n) is 6.62. The van der Waals surface area contributed by atoms with Gasteiger partial charge in [-0.25, -0.2) is 9.37 Å². The third kappa shape index (κ3) is 2.77. The lowest BCUT2D eigenvalue weighted by atomic mass is 9.71. The number of amides is 2. The van der Waals surface area contributed by atoms with Gasteiger partial charge < -0.3 is 4.90 Å². The molecule has 0 radical (unpaired) electrons. The number of carbonyl (C=O) groups excluding carboxylic acids is 2. The zero-order valence-electron chi connectivity index (χ0n) is 15.3. The van der Waals surface area contributed by atoms with Crippen LogP contribution in [0.25, 0.3) is 0 Å². The molecule has 0 unspecified atom stereocenters. The summed E-state index contributed by atoms with van der Waals surface area (Å²) in [7, 11) is 2.45. The molecule has 2 rings (SSSR count). The molecule has 1 aromatic rings. The maximum absolute atomic E-state index is 14.6. The highest BCUT2D eigenvalue weighted by atomic mass is 32.1. The van der Waals surface area contributed by atoms with Gasteiger partial charge in [-0.1, -0.05) is 11.3 Å². The van der Waals surface area contributed by atoms with Crippen LogP contribution in [0.1, 0.15) is 15.4 Å². The Hall–Kier alpha value is -2.20. The number of thiazole rings is 1. The monoisotopic (exact) mass is 493 g/mol. The third-order valence-corrected chi connectivity index (χ3v) is 5.43. The molecule has 1 saturated carbocycles. The van der Waals surface area contributed by atoms with Gasteiger partial charge in [-0.15, -0.1) is 0 Å². The van der Waals surface area contributed by atoms with E-state index in [0.29, 0.717) is 0 Å². The van der Waals surface area contributed by atoms with Crippen LogP contribution in [0.5, 0.6) is 0 Å². The number of halogens is 11. The van der Waals surface area contributed by atoms with E-state index in [4.69, 9.17) is 0 Å². The van der Waals surface area contributed by atoms with Crippen LogP contribution in [0.2, 0.25) is 0 Å². The molecule has 1 heterocycles. The van der Waals surface area contributed by atoms with Gasteiger partial charge in [-0.05, 0) is 6.92 Å². The molecule has 0 aromatic carbocycles. The SMILES string of the molecule is Cc1nc(NC(=O)C2(F)C(F)(F)C(F)(F)C(F)(F)C(F)(F)C2(F)F)sc1C(=O)N(C)C. The molecular weight excluding hydrogens is 483 g/mol. The molecule has 0 saturated heterocycles. The Morgan fingerprint density at radius 3 is 1.58 bits per heavy atom. The van der Waals surface area contributed by atoms with Gasteiger partial charge in [0.2, 0.25) is 0 Å². The standard InChI is InChI=1S/C14H10F11N3O2S/c1-4-5(6(29)28(2)3)31-8(26-4)27-7(30)9(15)10(16,17)12(20,21)14(24,25)13(22,23)11(9,18)19/h1-3H3,(H,26,27,30). The van der Waals surface area contributed by atoms with Crippen molar-refractivity contribution in [2.24, 2.45) is 0 Å². The largest absolute Gasteiger partial charge is 0.384 e. The lowest BCUT2D eigenvalue weighted by molar-refractivity contribution is -0.475. The minimum atomic E-state index is -7.42. The zero-order chi connectivity index (χ0) is 24.6. The number of nitrogens with zero attached hydrogens (tertiary/aromatic N) is 2. The van der Waals surface area contributed by atoms with Crippen LogP contribution in [0.4, 0.5) is 53.4 Å². The van der Waals surface area contributed by atoms with Gasteiger partial charge >= 0.3 is 35.3 Å². The summed E-state index contributed by atoms with van der Waals surface area (Å²) in [5, 5.41) is -0.224. The Morgan fingerprint density at radius 2 is 1.19 bits per heavy atom. The molecule has 1 N–H and O–H groups in total. The molecule has 0 bridgehead atoms. The minimum absolute atomic E-state index is 0.0730. The number of hydrogen-bond donors (Lipinski definition) is 1. The Bertz CT molecular complexity index is 899. The summed E-state index contributed by atoms with van der Waals surface area (Å²) in [4.78, 5) is 27.6. The average molecular weight is 493 g/mol. The third-order valence-electron chi connectivity index (χ3n) is 4.37. The van der Waals surface area contributed by atoms with E-state index >= 15 is 0 Å². The fourth-order valence-corrected chi connectivity index (χ4v) is 3.52. The van der Waals surface area contributed by atoms with Crippen molar-refractivity contribution in [1.29, 1.82) is 0 Å². The molecule has 1 fully saturated rings. The normalized spacial score (nSPS) is 24.3. The van der Waals surface area contributed by atoms with E-state index in [0.717, 1.165) is 17.1 Å². The number of aromatic nitrogens is 1. The van der Waals surface area contributed by atoms with Crippen LogP contribution in [0, 0.1) is 6.92 Å². The predicted octanol–water partition coefficient (Wildman–Crippen LogP) is 3.99. The lowest BCUT2D eigenvalue weighted by Crippen LogP contribution is -2.86. The molecule has 1 aliphatic carbocycles. The van der Waals surface area contributed by atoms with E-state index in [1.807, 2.05) is 0 Å². The van der Waals surface area contributed by atoms with Gasteiger partial charge in [0.15, 0.2) is 5.13 Å². The zero-order valence-corrected chi connectivity index (χ0v) is 16.1. The van der Waals surface area contributed by atoms with E-state index in [1.54, 1.807) is 0 Å². The molecule has 0 aliphatic heterocycles. The van der Waals surface area contributed by atoms with Crippen molar-refractivity contribution in [2.45, 2.75) is 42.2 Å². The van der Waals surface area contributed by atoms with Crippen LogP contribution in [0.15, 0.2) is 0 Å². The molecule has 176 valence electrons. The van der Waals surface area contributed by atoms with Crippen molar-refractivity contribution >= 4 is 28.3 Å². The fourth-order valence-electron chi connectivity index (χ4n) is 2.54. The van der Waals surface area contributed by atoms with Crippen molar-refractivity contribution in [3.63, 3.8) is 0 Å². The Morgan fingerprint density at radius 1 is 0.806 bits per heavy atom. The molecule has 2 amide bonds. The lowest BCUT2D eigenvalue weighted by Gasteiger charge is -2.51. The maximum atomic E-state index is 14.6. The van der Waals surface area contributed by atoms with Crippen LogP contribution in [-0.4, -0.2) is 71.1 Å². The summed E-state index contributed by atoms with van der Waals surface area (Å²) in [6.45, 7) is 1.08. The second-order valence-corrected chi connectivity index (χ2v) is 7.62. The number of hydrogen-bond acceptors (Lipinski definition) is 4. The van der Waals surface area contributed by atoms with Gasteiger partial charge in [-0.2, -0.15) is 43.9 Å². The minimum Gasteiger partial charge on any atom is -0.344 e. The van der Waals surface area contributed by atoms with Crippen molar-refractivity contribution in [1.82, 2.24) is 9.88 Å². The van der Waals surface area contributed by atoms with Crippen molar-refractivity contribution in [2.75, 3.05) is 19.4 Å². The highest BCUT2D eigenvalue weighted by Crippen LogP contribution is 2.69. The van der Waals surface area contributed by atoms with Crippen molar-refractivity contribution < 1.29 is 57.9 Å². The summed E-state index contributed by atoms with van der Waals surface area (Å²) in [6.07, 6.45) is 0. The van der Waals surface area contributed by atoms with Crippen LogP contribution >= 0.6 is 11.3 Å². The molecule has 0 spiro atoms. The molecule has 31 heavy (non-hydrogen) atoms. The number of nitrogens with one attached hydrogen (secondary N) is 1. The first-order valence-electron chi connectivity index (χ1n) is 7.71. The van der Waals surface area contributed by atoms with Gasteiger partial charge in [0.1, 0.15) is 4.88 Å². The Kier molecular flexibility index (Phi) is 5.38.